The van der Waals surface area contributed by atoms with Gasteiger partial charge in [-0.05, 0) is 32.5 Å². The smallest absolute Gasteiger partial charge is 0.234 e. The van der Waals surface area contributed by atoms with Crippen molar-refractivity contribution in [1.29, 1.82) is 0 Å². The highest BCUT2D eigenvalue weighted by molar-refractivity contribution is 7.91. The number of nitrogens with one attached hydrogen (secondary N) is 1. The molecule has 0 aliphatic carbocycles. The second-order valence-corrected chi connectivity index (χ2v) is 9.07. The van der Waals surface area contributed by atoms with Crippen molar-refractivity contribution in [2.24, 2.45) is 7.05 Å². The highest BCUT2D eigenvalue weighted by Crippen LogP contribution is 2.19. The maximum atomic E-state index is 12.2. The van der Waals surface area contributed by atoms with Crippen LogP contribution in [0.3, 0.4) is 0 Å². The number of rotatable bonds is 5. The van der Waals surface area contributed by atoms with Crippen LogP contribution in [0.25, 0.3) is 10.9 Å². The minimum Gasteiger partial charge on any atom is -0.349 e. The third-order valence-electron chi connectivity index (χ3n) is 4.76. The van der Waals surface area contributed by atoms with Crippen LogP contribution in [0.1, 0.15) is 17.7 Å². The Morgan fingerprint density at radius 1 is 1.44 bits per heavy atom. The summed E-state index contributed by atoms with van der Waals surface area (Å²) in [6.07, 6.45) is 0.594. The second kappa shape index (κ2) is 6.76. The van der Waals surface area contributed by atoms with Gasteiger partial charge in [0.15, 0.2) is 9.84 Å². The zero-order valence-electron chi connectivity index (χ0n) is 14.8. The summed E-state index contributed by atoms with van der Waals surface area (Å²) >= 11 is 0. The van der Waals surface area contributed by atoms with E-state index in [2.05, 4.69) is 16.5 Å². The summed E-state index contributed by atoms with van der Waals surface area (Å²) in [5.41, 5.74) is 3.01. The predicted molar refractivity (Wildman–Crippen MR) is 97.0 cm³/mol. The van der Waals surface area contributed by atoms with Crippen molar-refractivity contribution in [3.63, 3.8) is 0 Å². The number of hydrogen-bond acceptors (Lipinski definition) is 5. The molecule has 1 aliphatic heterocycles. The lowest BCUT2D eigenvalue weighted by molar-refractivity contribution is -0.122. The Hall–Kier alpha value is -1.93. The minimum absolute atomic E-state index is 0.0749. The maximum absolute atomic E-state index is 12.2. The molecular weight excluding hydrogens is 340 g/mol. The van der Waals surface area contributed by atoms with Crippen molar-refractivity contribution in [2.75, 3.05) is 25.1 Å². The molecule has 1 N–H and O–H groups in total. The molecule has 1 atom stereocenters. The first-order valence-corrected chi connectivity index (χ1v) is 10.2. The lowest BCUT2D eigenvalue weighted by atomic mass is 10.1. The molecule has 1 aromatic heterocycles. The topological polar surface area (TPSA) is 84.3 Å². The van der Waals surface area contributed by atoms with Crippen molar-refractivity contribution in [1.82, 2.24) is 20.0 Å². The summed E-state index contributed by atoms with van der Waals surface area (Å²) in [5.74, 6) is 0.224. The molecule has 0 unspecified atom stereocenters. The third-order valence-corrected chi connectivity index (χ3v) is 6.51. The number of aryl methyl sites for hydroxylation is 2. The van der Waals surface area contributed by atoms with Crippen LogP contribution in [0, 0.1) is 6.92 Å². The van der Waals surface area contributed by atoms with Gasteiger partial charge in [0.05, 0.1) is 35.8 Å². The van der Waals surface area contributed by atoms with E-state index in [1.54, 1.807) is 7.05 Å². The van der Waals surface area contributed by atoms with Crippen molar-refractivity contribution in [2.45, 2.75) is 25.9 Å². The molecule has 136 valence electrons. The van der Waals surface area contributed by atoms with E-state index in [-0.39, 0.29) is 30.0 Å². The van der Waals surface area contributed by atoms with Gasteiger partial charge in [-0.3, -0.25) is 14.4 Å². The van der Waals surface area contributed by atoms with Crippen LogP contribution < -0.4 is 5.32 Å². The van der Waals surface area contributed by atoms with Gasteiger partial charge in [0.2, 0.25) is 5.91 Å². The summed E-state index contributed by atoms with van der Waals surface area (Å²) in [7, 11) is 0.739. The van der Waals surface area contributed by atoms with Gasteiger partial charge in [-0.1, -0.05) is 11.6 Å². The zero-order valence-corrected chi connectivity index (χ0v) is 15.6. The highest BCUT2D eigenvalue weighted by Gasteiger charge is 2.31. The fourth-order valence-corrected chi connectivity index (χ4v) is 5.10. The largest absolute Gasteiger partial charge is 0.349 e. The van der Waals surface area contributed by atoms with Crippen LogP contribution >= 0.6 is 0 Å². The molecule has 0 bridgehead atoms. The van der Waals surface area contributed by atoms with E-state index < -0.39 is 9.84 Å². The average molecular weight is 364 g/mol. The highest BCUT2D eigenvalue weighted by atomic mass is 32.2. The van der Waals surface area contributed by atoms with E-state index in [0.29, 0.717) is 13.0 Å². The number of benzene rings is 1. The van der Waals surface area contributed by atoms with Crippen molar-refractivity contribution in [3.8, 4) is 0 Å². The maximum Gasteiger partial charge on any atom is 0.234 e. The Morgan fingerprint density at radius 3 is 2.88 bits per heavy atom. The van der Waals surface area contributed by atoms with Gasteiger partial charge in [0, 0.05) is 18.5 Å². The molecule has 0 spiro atoms. The summed E-state index contributed by atoms with van der Waals surface area (Å²) in [6, 6.07) is 6.06. The van der Waals surface area contributed by atoms with Crippen LogP contribution in [0.2, 0.25) is 0 Å². The van der Waals surface area contributed by atoms with Gasteiger partial charge >= 0.3 is 0 Å². The van der Waals surface area contributed by atoms with E-state index in [0.717, 1.165) is 22.2 Å². The van der Waals surface area contributed by atoms with Crippen molar-refractivity contribution in [3.05, 3.63) is 29.5 Å². The molecule has 8 heteroatoms. The third kappa shape index (κ3) is 4.01. The Morgan fingerprint density at radius 2 is 2.20 bits per heavy atom. The fraction of sp³-hybridized carbons (Fsp3) is 0.529. The number of hydrogen-bond donors (Lipinski definition) is 1. The Bertz CT molecular complexity index is 904. The zero-order chi connectivity index (χ0) is 18.2. The number of aromatic nitrogens is 2. The molecule has 1 aliphatic rings. The van der Waals surface area contributed by atoms with E-state index in [9.17, 15) is 13.2 Å². The molecule has 2 aromatic rings. The summed E-state index contributed by atoms with van der Waals surface area (Å²) < 4.78 is 24.9. The molecule has 0 radical (unpaired) electrons. The van der Waals surface area contributed by atoms with Crippen molar-refractivity contribution < 1.29 is 13.2 Å². The molecule has 1 aromatic carbocycles. The number of likely N-dealkylation sites (N-methyl/N-ethyl adjacent to an activating group) is 1. The number of sulfone groups is 1. The Balaban J connectivity index is 1.60. The molecule has 25 heavy (non-hydrogen) atoms. The van der Waals surface area contributed by atoms with E-state index in [1.165, 1.54) is 0 Å². The first-order chi connectivity index (χ1) is 11.7. The van der Waals surface area contributed by atoms with Gasteiger partial charge in [-0.25, -0.2) is 8.42 Å². The monoisotopic (exact) mass is 364 g/mol. The van der Waals surface area contributed by atoms with E-state index in [4.69, 9.17) is 0 Å². The van der Waals surface area contributed by atoms with Crippen LogP contribution in [-0.4, -0.2) is 60.1 Å². The van der Waals surface area contributed by atoms with Gasteiger partial charge in [0.1, 0.15) is 0 Å². The quantitative estimate of drug-likeness (QED) is 0.841. The molecule has 3 rings (SSSR count). The average Bonchev–Trinajstić information content (AvgIpc) is 3.05. The molecular formula is C17H24N4O3S. The van der Waals surface area contributed by atoms with Crippen LogP contribution in [0.15, 0.2) is 18.2 Å². The van der Waals surface area contributed by atoms with Gasteiger partial charge in [-0.15, -0.1) is 0 Å². The lowest BCUT2D eigenvalue weighted by Gasteiger charge is -2.22. The van der Waals surface area contributed by atoms with E-state index >= 15 is 0 Å². The molecule has 7 nitrogen and oxygen atoms in total. The first kappa shape index (κ1) is 17.9. The Kier molecular flexibility index (Phi) is 4.83. The lowest BCUT2D eigenvalue weighted by Crippen LogP contribution is -2.41. The van der Waals surface area contributed by atoms with Gasteiger partial charge in [-0.2, -0.15) is 5.10 Å². The number of carbonyl (C=O) groups excluding carboxylic acids is 1. The Labute approximate surface area is 147 Å². The molecule has 2 heterocycles. The predicted octanol–water partition coefficient (Wildman–Crippen LogP) is 0.617. The summed E-state index contributed by atoms with van der Waals surface area (Å²) in [6.45, 7) is 2.57. The van der Waals surface area contributed by atoms with Crippen LogP contribution in [0.5, 0.6) is 0 Å². The molecule has 1 saturated heterocycles. The number of nitrogens with zero attached hydrogens (tertiary/aromatic N) is 3. The minimum atomic E-state index is -2.94. The SMILES string of the molecule is Cc1ccc2c(c1)c(CNC(=O)CN(C)[C@H]1CCS(=O)(=O)C1)nn2C. The second-order valence-electron chi connectivity index (χ2n) is 6.84. The van der Waals surface area contributed by atoms with Crippen LogP contribution in [-0.2, 0) is 28.2 Å². The van der Waals surface area contributed by atoms with Gasteiger partial charge < -0.3 is 5.32 Å². The molecule has 1 fully saturated rings. The van der Waals surface area contributed by atoms with E-state index in [1.807, 2.05) is 35.7 Å². The summed E-state index contributed by atoms with van der Waals surface area (Å²) in [4.78, 5) is 14.0. The molecule has 1 amide bonds. The number of carbonyl (C=O) groups is 1. The van der Waals surface area contributed by atoms with Gasteiger partial charge in [0.25, 0.3) is 0 Å². The van der Waals surface area contributed by atoms with Crippen molar-refractivity contribution >= 4 is 26.6 Å². The molecule has 0 saturated carbocycles. The first-order valence-electron chi connectivity index (χ1n) is 8.35. The number of fused-ring (bicyclic) bond motifs is 1. The number of amides is 1. The fourth-order valence-electron chi connectivity index (χ4n) is 3.30. The normalized spacial score (nSPS) is 19.6. The standard InChI is InChI=1S/C17H24N4O3S/c1-12-4-5-16-14(8-12)15(19-21(16)3)9-18-17(22)10-20(2)13-6-7-25(23,24)11-13/h4-5,8,13H,6-7,9-11H2,1-3H3,(H,18,22)/t13-/m0/s1. The summed E-state index contributed by atoms with van der Waals surface area (Å²) in [5, 5.41) is 8.42. The van der Waals surface area contributed by atoms with Crippen LogP contribution in [0.4, 0.5) is 0 Å².